The average molecular weight is 337 g/mol. The van der Waals surface area contributed by atoms with Gasteiger partial charge in [0.2, 0.25) is 0 Å². The van der Waals surface area contributed by atoms with Gasteiger partial charge in [0, 0.05) is 10.0 Å². The summed E-state index contributed by atoms with van der Waals surface area (Å²) >= 11 is 9.77. The van der Waals surface area contributed by atoms with E-state index in [1.807, 2.05) is 24.3 Å². The van der Waals surface area contributed by atoms with Crippen LogP contribution in [0.5, 0.6) is 0 Å². The number of hydrogen-bond donors (Lipinski definition) is 0. The maximum absolute atomic E-state index is 6.33. The molecule has 0 heterocycles. The second-order valence-electron chi connectivity index (χ2n) is 4.66. The summed E-state index contributed by atoms with van der Waals surface area (Å²) < 4.78 is 0.996. The van der Waals surface area contributed by atoms with Crippen molar-refractivity contribution in [3.8, 4) is 0 Å². The maximum atomic E-state index is 6.33. The van der Waals surface area contributed by atoms with E-state index in [0.29, 0.717) is 5.17 Å². The van der Waals surface area contributed by atoms with Gasteiger partial charge in [-0.1, -0.05) is 57.4 Å². The summed E-state index contributed by atoms with van der Waals surface area (Å²) in [6.45, 7) is 6.21. The van der Waals surface area contributed by atoms with Crippen molar-refractivity contribution in [2.45, 2.75) is 20.8 Å². The van der Waals surface area contributed by atoms with E-state index in [-0.39, 0.29) is 0 Å². The second-order valence-corrected chi connectivity index (χ2v) is 5.93. The van der Waals surface area contributed by atoms with Crippen LogP contribution >= 0.6 is 27.5 Å². The Hall–Kier alpha value is -1.12. The van der Waals surface area contributed by atoms with Crippen LogP contribution in [0.4, 0.5) is 5.69 Å². The number of benzene rings is 2. The van der Waals surface area contributed by atoms with Gasteiger partial charge in [0.1, 0.15) is 5.17 Å². The summed E-state index contributed by atoms with van der Waals surface area (Å²) in [5, 5.41) is 0.511. The Morgan fingerprint density at radius 2 is 1.68 bits per heavy atom. The fraction of sp³-hybridized carbons (Fsp3) is 0.188. The van der Waals surface area contributed by atoms with Crippen LogP contribution in [0.3, 0.4) is 0 Å². The Labute approximate surface area is 127 Å². The molecule has 0 saturated heterocycles. The fourth-order valence-electron chi connectivity index (χ4n) is 2.13. The predicted octanol–water partition coefficient (Wildman–Crippen LogP) is 5.69. The minimum Gasteiger partial charge on any atom is -0.236 e. The highest BCUT2D eigenvalue weighted by Gasteiger charge is 2.06. The van der Waals surface area contributed by atoms with Crippen LogP contribution in [-0.2, 0) is 0 Å². The molecular weight excluding hydrogens is 322 g/mol. The van der Waals surface area contributed by atoms with Crippen LogP contribution in [0.1, 0.15) is 22.3 Å². The number of aryl methyl sites for hydroxylation is 3. The van der Waals surface area contributed by atoms with E-state index in [4.69, 9.17) is 11.6 Å². The molecule has 98 valence electrons. The summed E-state index contributed by atoms with van der Waals surface area (Å²) in [7, 11) is 0. The lowest BCUT2D eigenvalue weighted by atomic mass is 10.1. The van der Waals surface area contributed by atoms with Crippen LogP contribution in [0.25, 0.3) is 0 Å². The first kappa shape index (κ1) is 14.3. The number of aliphatic imine (C=N–C) groups is 1. The van der Waals surface area contributed by atoms with Gasteiger partial charge < -0.3 is 0 Å². The SMILES string of the molecule is Cc1cc(C)c(/N=C(\Cl)c2cccc(Br)c2)c(C)c1. The Balaban J connectivity index is 2.47. The minimum absolute atomic E-state index is 0.511. The summed E-state index contributed by atoms with van der Waals surface area (Å²) in [4.78, 5) is 4.57. The monoisotopic (exact) mass is 335 g/mol. The van der Waals surface area contributed by atoms with E-state index in [2.05, 4.69) is 53.8 Å². The zero-order valence-electron chi connectivity index (χ0n) is 11.2. The lowest BCUT2D eigenvalue weighted by Gasteiger charge is -2.08. The summed E-state index contributed by atoms with van der Waals surface area (Å²) in [6.07, 6.45) is 0. The summed E-state index contributed by atoms with van der Waals surface area (Å²) in [5.41, 5.74) is 5.40. The van der Waals surface area contributed by atoms with Crippen molar-refractivity contribution in [3.05, 3.63) is 63.1 Å². The first-order chi connectivity index (χ1) is 8.97. The van der Waals surface area contributed by atoms with Crippen molar-refractivity contribution in [3.63, 3.8) is 0 Å². The van der Waals surface area contributed by atoms with Crippen LogP contribution < -0.4 is 0 Å². The number of nitrogens with zero attached hydrogens (tertiary/aromatic N) is 1. The molecule has 3 heteroatoms. The molecule has 0 spiro atoms. The molecule has 0 aliphatic carbocycles. The Morgan fingerprint density at radius 3 is 2.26 bits per heavy atom. The summed E-state index contributed by atoms with van der Waals surface area (Å²) in [6, 6.07) is 12.1. The van der Waals surface area contributed by atoms with Crippen molar-refractivity contribution < 1.29 is 0 Å². The third kappa shape index (κ3) is 3.46. The van der Waals surface area contributed by atoms with Gasteiger partial charge in [0.15, 0.2) is 0 Å². The topological polar surface area (TPSA) is 12.4 Å². The second kappa shape index (κ2) is 5.89. The van der Waals surface area contributed by atoms with Crippen LogP contribution in [0.15, 0.2) is 45.9 Å². The van der Waals surface area contributed by atoms with E-state index in [1.165, 1.54) is 5.56 Å². The largest absolute Gasteiger partial charge is 0.236 e. The number of halogens is 2. The molecule has 1 nitrogen and oxygen atoms in total. The van der Waals surface area contributed by atoms with Crippen LogP contribution in [0, 0.1) is 20.8 Å². The molecule has 2 aromatic rings. The smallest absolute Gasteiger partial charge is 0.137 e. The molecule has 0 amide bonds. The highest BCUT2D eigenvalue weighted by molar-refractivity contribution is 9.10. The van der Waals surface area contributed by atoms with Gasteiger partial charge in [-0.15, -0.1) is 0 Å². The molecule has 0 unspecified atom stereocenters. The molecule has 0 aliphatic heterocycles. The Bertz CT molecular complexity index is 624. The molecule has 2 rings (SSSR count). The van der Waals surface area contributed by atoms with Crippen LogP contribution in [0.2, 0.25) is 0 Å². The lowest BCUT2D eigenvalue weighted by molar-refractivity contribution is 1.29. The average Bonchev–Trinajstić information content (AvgIpc) is 2.33. The quantitative estimate of drug-likeness (QED) is 0.625. The lowest BCUT2D eigenvalue weighted by Crippen LogP contribution is -1.92. The zero-order valence-corrected chi connectivity index (χ0v) is 13.5. The Kier molecular flexibility index (Phi) is 4.43. The molecule has 0 aliphatic rings. The molecule has 2 aromatic carbocycles. The highest BCUT2D eigenvalue weighted by Crippen LogP contribution is 2.27. The van der Waals surface area contributed by atoms with Gasteiger partial charge in [0.05, 0.1) is 5.69 Å². The molecule has 19 heavy (non-hydrogen) atoms. The molecule has 0 radical (unpaired) electrons. The van der Waals surface area contributed by atoms with E-state index in [0.717, 1.165) is 26.9 Å². The predicted molar refractivity (Wildman–Crippen MR) is 86.8 cm³/mol. The molecule has 0 aromatic heterocycles. The van der Waals surface area contributed by atoms with Crippen molar-refractivity contribution in [1.82, 2.24) is 0 Å². The minimum atomic E-state index is 0.511. The normalized spacial score (nSPS) is 11.7. The van der Waals surface area contributed by atoms with Gasteiger partial charge in [0.25, 0.3) is 0 Å². The van der Waals surface area contributed by atoms with Gasteiger partial charge in [-0.2, -0.15) is 0 Å². The summed E-state index contributed by atoms with van der Waals surface area (Å²) in [5.74, 6) is 0. The van der Waals surface area contributed by atoms with E-state index in [9.17, 15) is 0 Å². The number of hydrogen-bond acceptors (Lipinski definition) is 1. The van der Waals surface area contributed by atoms with E-state index >= 15 is 0 Å². The van der Waals surface area contributed by atoms with Crippen LogP contribution in [-0.4, -0.2) is 5.17 Å². The van der Waals surface area contributed by atoms with Gasteiger partial charge in [-0.05, 0) is 44.0 Å². The highest BCUT2D eigenvalue weighted by atomic mass is 79.9. The van der Waals surface area contributed by atoms with Gasteiger partial charge in [-0.25, -0.2) is 4.99 Å². The van der Waals surface area contributed by atoms with Crippen molar-refractivity contribution in [1.29, 1.82) is 0 Å². The fourth-order valence-corrected chi connectivity index (χ4v) is 2.73. The first-order valence-corrected chi connectivity index (χ1v) is 7.22. The zero-order chi connectivity index (χ0) is 14.0. The van der Waals surface area contributed by atoms with Crippen molar-refractivity contribution >= 4 is 38.4 Å². The maximum Gasteiger partial charge on any atom is 0.137 e. The molecule has 0 saturated carbocycles. The third-order valence-electron chi connectivity index (χ3n) is 2.91. The van der Waals surface area contributed by atoms with Crippen molar-refractivity contribution in [2.24, 2.45) is 4.99 Å². The molecule has 0 fully saturated rings. The molecule has 0 atom stereocenters. The third-order valence-corrected chi connectivity index (χ3v) is 3.70. The van der Waals surface area contributed by atoms with Gasteiger partial charge >= 0.3 is 0 Å². The molecular formula is C16H15BrClN. The molecule has 0 N–H and O–H groups in total. The molecule has 0 bridgehead atoms. The van der Waals surface area contributed by atoms with E-state index in [1.54, 1.807) is 0 Å². The van der Waals surface area contributed by atoms with Crippen molar-refractivity contribution in [2.75, 3.05) is 0 Å². The van der Waals surface area contributed by atoms with E-state index < -0.39 is 0 Å². The standard InChI is InChI=1S/C16H15BrClN/c1-10-7-11(2)15(12(3)8-10)19-16(18)13-5-4-6-14(17)9-13/h4-9H,1-3H3/b19-16-. The van der Waals surface area contributed by atoms with Gasteiger partial charge in [-0.3, -0.25) is 0 Å². The Morgan fingerprint density at radius 1 is 1.05 bits per heavy atom. The first-order valence-electron chi connectivity index (χ1n) is 6.05. The number of rotatable bonds is 2.